The molecule has 0 spiro atoms. The predicted molar refractivity (Wildman–Crippen MR) is 40.6 cm³/mol. The Morgan fingerprint density at radius 2 is 2.50 bits per heavy atom. The number of carbonyl (C=O) groups excluding carboxylic acids is 1. The third kappa shape index (κ3) is 1.59. The molecule has 1 rings (SSSR count). The summed E-state index contributed by atoms with van der Waals surface area (Å²) in [5.41, 5.74) is 0.974. The lowest BCUT2D eigenvalue weighted by atomic mass is 10.2. The zero-order valence-electron chi connectivity index (χ0n) is 6.31. The largest absolute Gasteiger partial charge is 0.352 e. The van der Waals surface area contributed by atoms with Crippen molar-refractivity contribution in [1.29, 1.82) is 0 Å². The van der Waals surface area contributed by atoms with Crippen molar-refractivity contribution in [2.45, 2.75) is 26.2 Å². The second-order valence-electron chi connectivity index (χ2n) is 2.52. The molecule has 1 saturated heterocycles. The van der Waals surface area contributed by atoms with Gasteiger partial charge in [0.25, 0.3) is 0 Å². The Morgan fingerprint density at radius 1 is 1.70 bits per heavy atom. The minimum Gasteiger partial charge on any atom is -0.352 e. The Hall–Kier alpha value is -0.790. The molecule has 2 nitrogen and oxygen atoms in total. The molecule has 1 amide bonds. The average Bonchev–Trinajstić information content (AvgIpc) is 2.31. The standard InChI is InChI=1S/C8H13NO/c1-2-3-4-7-5-6-9-8(7)10/h4H,2-3,5-6H2,1H3,(H,9,10). The molecule has 0 saturated carbocycles. The third-order valence-electron chi connectivity index (χ3n) is 1.65. The van der Waals surface area contributed by atoms with Gasteiger partial charge in [0.1, 0.15) is 0 Å². The van der Waals surface area contributed by atoms with Crippen LogP contribution in [0.5, 0.6) is 0 Å². The number of hydrogen-bond donors (Lipinski definition) is 1. The molecular formula is C8H13NO. The van der Waals surface area contributed by atoms with Gasteiger partial charge < -0.3 is 5.32 Å². The molecule has 0 aromatic rings. The molecule has 56 valence electrons. The van der Waals surface area contributed by atoms with Gasteiger partial charge in [0.2, 0.25) is 5.91 Å². The zero-order valence-corrected chi connectivity index (χ0v) is 6.31. The molecule has 0 aromatic carbocycles. The molecule has 10 heavy (non-hydrogen) atoms. The van der Waals surface area contributed by atoms with Gasteiger partial charge in [0.05, 0.1) is 0 Å². The van der Waals surface area contributed by atoms with E-state index < -0.39 is 0 Å². The van der Waals surface area contributed by atoms with Crippen LogP contribution in [0, 0.1) is 0 Å². The maximum Gasteiger partial charge on any atom is 0.246 e. The third-order valence-corrected chi connectivity index (χ3v) is 1.65. The summed E-state index contributed by atoms with van der Waals surface area (Å²) in [4.78, 5) is 10.9. The Balaban J connectivity index is 2.46. The van der Waals surface area contributed by atoms with E-state index in [0.717, 1.165) is 31.4 Å². The molecule has 1 heterocycles. The summed E-state index contributed by atoms with van der Waals surface area (Å²) in [5.74, 6) is 0.133. The maximum absolute atomic E-state index is 10.9. The first-order chi connectivity index (χ1) is 4.84. The summed E-state index contributed by atoms with van der Waals surface area (Å²) in [6.07, 6.45) is 5.11. The van der Waals surface area contributed by atoms with E-state index in [1.54, 1.807) is 0 Å². The minimum absolute atomic E-state index is 0.133. The molecule has 1 aliphatic rings. The van der Waals surface area contributed by atoms with E-state index in [4.69, 9.17) is 0 Å². The van der Waals surface area contributed by atoms with Gasteiger partial charge in [-0.25, -0.2) is 0 Å². The summed E-state index contributed by atoms with van der Waals surface area (Å²) in [6, 6.07) is 0. The number of allylic oxidation sites excluding steroid dienone is 1. The van der Waals surface area contributed by atoms with Gasteiger partial charge in [-0.3, -0.25) is 4.79 Å². The van der Waals surface area contributed by atoms with Crippen LogP contribution in [0.25, 0.3) is 0 Å². The number of rotatable bonds is 2. The second kappa shape index (κ2) is 3.40. The number of nitrogens with one attached hydrogen (secondary N) is 1. The van der Waals surface area contributed by atoms with Crippen molar-refractivity contribution in [1.82, 2.24) is 5.32 Å². The highest BCUT2D eigenvalue weighted by atomic mass is 16.1. The minimum atomic E-state index is 0.133. The van der Waals surface area contributed by atoms with Crippen LogP contribution < -0.4 is 5.32 Å². The highest BCUT2D eigenvalue weighted by Crippen LogP contribution is 2.08. The first-order valence-electron chi connectivity index (χ1n) is 3.82. The lowest BCUT2D eigenvalue weighted by Crippen LogP contribution is -2.14. The number of hydrogen-bond acceptors (Lipinski definition) is 1. The van der Waals surface area contributed by atoms with E-state index >= 15 is 0 Å². The predicted octanol–water partition coefficient (Wildman–Crippen LogP) is 1.23. The van der Waals surface area contributed by atoms with Crippen molar-refractivity contribution in [2.24, 2.45) is 0 Å². The summed E-state index contributed by atoms with van der Waals surface area (Å²) in [6.45, 7) is 2.94. The first kappa shape index (κ1) is 7.32. The van der Waals surface area contributed by atoms with Crippen LogP contribution >= 0.6 is 0 Å². The number of amides is 1. The van der Waals surface area contributed by atoms with Crippen LogP contribution in [-0.4, -0.2) is 12.5 Å². The summed E-state index contributed by atoms with van der Waals surface area (Å²) in [5, 5.41) is 2.77. The van der Waals surface area contributed by atoms with Crippen molar-refractivity contribution in [3.05, 3.63) is 11.6 Å². The summed E-state index contributed by atoms with van der Waals surface area (Å²) in [7, 11) is 0. The molecule has 0 aliphatic carbocycles. The summed E-state index contributed by atoms with van der Waals surface area (Å²) < 4.78 is 0. The monoisotopic (exact) mass is 139 g/mol. The van der Waals surface area contributed by atoms with Gasteiger partial charge in [-0.1, -0.05) is 19.4 Å². The highest BCUT2D eigenvalue weighted by molar-refractivity contribution is 5.95. The van der Waals surface area contributed by atoms with Crippen molar-refractivity contribution in [2.75, 3.05) is 6.54 Å². The highest BCUT2D eigenvalue weighted by Gasteiger charge is 2.14. The molecule has 1 fully saturated rings. The van der Waals surface area contributed by atoms with Crippen LogP contribution in [-0.2, 0) is 4.79 Å². The first-order valence-corrected chi connectivity index (χ1v) is 3.82. The number of unbranched alkanes of at least 4 members (excludes halogenated alkanes) is 1. The smallest absolute Gasteiger partial charge is 0.246 e. The van der Waals surface area contributed by atoms with Gasteiger partial charge in [0, 0.05) is 12.1 Å². The average molecular weight is 139 g/mol. The fourth-order valence-electron chi connectivity index (χ4n) is 1.05. The van der Waals surface area contributed by atoms with Gasteiger partial charge in [-0.2, -0.15) is 0 Å². The van der Waals surface area contributed by atoms with E-state index in [-0.39, 0.29) is 5.91 Å². The fourth-order valence-corrected chi connectivity index (χ4v) is 1.05. The van der Waals surface area contributed by atoms with E-state index in [9.17, 15) is 4.79 Å². The molecule has 0 unspecified atom stereocenters. The van der Waals surface area contributed by atoms with E-state index in [2.05, 4.69) is 12.2 Å². The fraction of sp³-hybridized carbons (Fsp3) is 0.625. The molecule has 1 N–H and O–H groups in total. The SMILES string of the molecule is CCCC=C1CCNC1=O. The van der Waals surface area contributed by atoms with Gasteiger partial charge in [0.15, 0.2) is 0 Å². The summed E-state index contributed by atoms with van der Waals surface area (Å²) >= 11 is 0. The molecule has 0 aromatic heterocycles. The lowest BCUT2D eigenvalue weighted by Gasteiger charge is -1.90. The molecule has 0 radical (unpaired) electrons. The lowest BCUT2D eigenvalue weighted by molar-refractivity contribution is -0.116. The molecule has 0 atom stereocenters. The zero-order chi connectivity index (χ0) is 7.40. The van der Waals surface area contributed by atoms with Crippen molar-refractivity contribution >= 4 is 5.91 Å². The number of carbonyl (C=O) groups is 1. The van der Waals surface area contributed by atoms with Crippen molar-refractivity contribution < 1.29 is 4.79 Å². The molecule has 2 heteroatoms. The van der Waals surface area contributed by atoms with Crippen molar-refractivity contribution in [3.63, 3.8) is 0 Å². The van der Waals surface area contributed by atoms with E-state index in [0.29, 0.717) is 0 Å². The van der Waals surface area contributed by atoms with Crippen molar-refractivity contribution in [3.8, 4) is 0 Å². The molecular weight excluding hydrogens is 126 g/mol. The maximum atomic E-state index is 10.9. The van der Waals surface area contributed by atoms with Crippen LogP contribution in [0.1, 0.15) is 26.2 Å². The van der Waals surface area contributed by atoms with Crippen LogP contribution in [0.15, 0.2) is 11.6 Å². The van der Waals surface area contributed by atoms with Gasteiger partial charge in [-0.15, -0.1) is 0 Å². The van der Waals surface area contributed by atoms with E-state index in [1.807, 2.05) is 6.08 Å². The Bertz CT molecular complexity index is 161. The van der Waals surface area contributed by atoms with Crippen LogP contribution in [0.4, 0.5) is 0 Å². The normalized spacial score (nSPS) is 21.7. The second-order valence-corrected chi connectivity index (χ2v) is 2.52. The Kier molecular flexibility index (Phi) is 2.49. The molecule has 1 aliphatic heterocycles. The van der Waals surface area contributed by atoms with Gasteiger partial charge >= 0.3 is 0 Å². The topological polar surface area (TPSA) is 29.1 Å². The van der Waals surface area contributed by atoms with Crippen LogP contribution in [0.2, 0.25) is 0 Å². The van der Waals surface area contributed by atoms with Gasteiger partial charge in [-0.05, 0) is 12.8 Å². The Morgan fingerprint density at radius 3 is 3.00 bits per heavy atom. The quantitative estimate of drug-likeness (QED) is 0.573. The molecule has 0 bridgehead atoms. The Labute approximate surface area is 61.3 Å². The van der Waals surface area contributed by atoms with Crippen LogP contribution in [0.3, 0.4) is 0 Å². The van der Waals surface area contributed by atoms with E-state index in [1.165, 1.54) is 0 Å².